The fraction of sp³-hybridized carbons (Fsp3) is 0.800. The minimum Gasteiger partial charge on any atom is -0.515 e. The van der Waals surface area contributed by atoms with Crippen LogP contribution in [0.1, 0.15) is 99.3 Å². The Kier molecular flexibility index (Phi) is 7.10. The molecule has 0 amide bonds. The monoisotopic (exact) mass is 470 g/mol. The zero-order valence-electron chi connectivity index (χ0n) is 22.2. The highest BCUT2D eigenvalue weighted by Gasteiger charge is 2.62. The molecule has 0 spiro atoms. The Morgan fingerprint density at radius 3 is 2.50 bits per heavy atom. The first-order chi connectivity index (χ1) is 16.0. The van der Waals surface area contributed by atoms with Gasteiger partial charge in [-0.3, -0.25) is 9.59 Å². The van der Waals surface area contributed by atoms with Gasteiger partial charge in [-0.2, -0.15) is 0 Å². The Hall–Kier alpha value is -1.58. The van der Waals surface area contributed by atoms with E-state index in [9.17, 15) is 14.7 Å². The summed E-state index contributed by atoms with van der Waals surface area (Å²) in [6.07, 6.45) is 12.9. The molecule has 0 radical (unpaired) electrons. The average Bonchev–Trinajstić information content (AvgIpc) is 3.11. The van der Waals surface area contributed by atoms with Gasteiger partial charge >= 0.3 is 5.97 Å². The molecule has 34 heavy (non-hydrogen) atoms. The van der Waals surface area contributed by atoms with Crippen molar-refractivity contribution in [1.82, 2.24) is 0 Å². The van der Waals surface area contributed by atoms with Crippen LogP contribution in [0.15, 0.2) is 23.5 Å². The Morgan fingerprint density at radius 2 is 1.85 bits per heavy atom. The molecule has 0 heterocycles. The lowest BCUT2D eigenvalue weighted by Crippen LogP contribution is -2.54. The summed E-state index contributed by atoms with van der Waals surface area (Å²) in [5.41, 5.74) is 1.42. The summed E-state index contributed by atoms with van der Waals surface area (Å²) in [6, 6.07) is 0. The van der Waals surface area contributed by atoms with E-state index in [1.165, 1.54) is 39.0 Å². The van der Waals surface area contributed by atoms with Gasteiger partial charge in [-0.25, -0.2) is 0 Å². The second-order valence-corrected chi connectivity index (χ2v) is 12.9. The quantitative estimate of drug-likeness (QED) is 0.253. The molecule has 4 rings (SSSR count). The average molecular weight is 471 g/mol. The van der Waals surface area contributed by atoms with Gasteiger partial charge in [0.25, 0.3) is 0 Å². The largest absolute Gasteiger partial charge is 0.515 e. The third-order valence-corrected chi connectivity index (χ3v) is 10.5. The molecule has 0 saturated heterocycles. The van der Waals surface area contributed by atoms with Crippen LogP contribution in [0.5, 0.6) is 0 Å². The summed E-state index contributed by atoms with van der Waals surface area (Å²) in [7, 11) is 0. The van der Waals surface area contributed by atoms with Gasteiger partial charge in [-0.1, -0.05) is 53.9 Å². The third-order valence-electron chi connectivity index (χ3n) is 10.5. The highest BCUT2D eigenvalue weighted by atomic mass is 16.5. The molecule has 4 nitrogen and oxygen atoms in total. The minimum atomic E-state index is -0.336. The number of aliphatic hydroxyl groups excluding tert-OH is 1. The van der Waals surface area contributed by atoms with E-state index in [4.69, 9.17) is 4.74 Å². The summed E-state index contributed by atoms with van der Waals surface area (Å²) in [5, 5.41) is 10.3. The molecule has 3 saturated carbocycles. The van der Waals surface area contributed by atoms with Crippen molar-refractivity contribution in [2.75, 3.05) is 0 Å². The van der Waals surface area contributed by atoms with E-state index in [2.05, 4.69) is 34.6 Å². The number of carbonyl (C=O) groups excluding carboxylic acids is 2. The van der Waals surface area contributed by atoms with Gasteiger partial charge in [0.1, 0.15) is 6.10 Å². The molecule has 8 atom stereocenters. The van der Waals surface area contributed by atoms with Crippen LogP contribution in [0, 0.1) is 46.3 Å². The highest BCUT2D eigenvalue weighted by Crippen LogP contribution is 2.68. The lowest BCUT2D eigenvalue weighted by atomic mass is 9.45. The number of rotatable bonds is 6. The number of hydrogen-bond acceptors (Lipinski definition) is 4. The van der Waals surface area contributed by atoms with Gasteiger partial charge in [-0.05, 0) is 90.9 Å². The molecule has 4 aliphatic carbocycles. The van der Waals surface area contributed by atoms with Crippen molar-refractivity contribution in [2.45, 2.75) is 105 Å². The van der Waals surface area contributed by atoms with Crippen LogP contribution in [0.3, 0.4) is 0 Å². The van der Waals surface area contributed by atoms with E-state index in [0.29, 0.717) is 29.2 Å². The van der Waals surface area contributed by atoms with E-state index in [1.807, 2.05) is 6.08 Å². The van der Waals surface area contributed by atoms with Crippen LogP contribution in [-0.4, -0.2) is 23.0 Å². The number of fused-ring (bicyclic) bond motifs is 5. The third kappa shape index (κ3) is 4.17. The van der Waals surface area contributed by atoms with Crippen molar-refractivity contribution in [3.8, 4) is 0 Å². The summed E-state index contributed by atoms with van der Waals surface area (Å²) in [5.74, 6) is 2.80. The maximum absolute atomic E-state index is 13.8. The van der Waals surface area contributed by atoms with Gasteiger partial charge in [0.2, 0.25) is 0 Å². The molecule has 1 N–H and O–H groups in total. The first kappa shape index (κ1) is 25.5. The van der Waals surface area contributed by atoms with Crippen LogP contribution >= 0.6 is 0 Å². The summed E-state index contributed by atoms with van der Waals surface area (Å²) < 4.78 is 5.46. The van der Waals surface area contributed by atoms with Crippen molar-refractivity contribution in [3.05, 3.63) is 23.5 Å². The molecule has 4 heteroatoms. The number of allylic oxidation sites excluding steroid dienone is 2. The Balaban J connectivity index is 1.61. The van der Waals surface area contributed by atoms with Crippen molar-refractivity contribution < 1.29 is 19.4 Å². The minimum absolute atomic E-state index is 0.0132. The van der Waals surface area contributed by atoms with Crippen LogP contribution in [-0.2, 0) is 14.3 Å². The molecule has 4 aliphatic rings. The standard InChI is InChI=1S/C30H46O4/c1-18(2)8-7-9-19(3)23-10-11-24-27-22(17-31)28(33)26-16-21(34-20(4)32)12-14-30(26,6)25(27)13-15-29(23,24)5/h16-19,21,23-25,27,31H,7-15H2,1-6H3/b22-17-/t19-,21+,23-,24+,25+,27+,29-,30-/m1/s1. The van der Waals surface area contributed by atoms with Gasteiger partial charge in [0, 0.05) is 18.1 Å². The molecular formula is C30H46O4. The summed E-state index contributed by atoms with van der Waals surface area (Å²) >= 11 is 0. The van der Waals surface area contributed by atoms with Crippen LogP contribution in [0.2, 0.25) is 0 Å². The Labute approximate surface area is 206 Å². The van der Waals surface area contributed by atoms with Gasteiger partial charge in [0.05, 0.1) is 6.26 Å². The lowest BCUT2D eigenvalue weighted by Gasteiger charge is -2.58. The molecule has 0 aromatic carbocycles. The zero-order valence-corrected chi connectivity index (χ0v) is 22.2. The van der Waals surface area contributed by atoms with Crippen LogP contribution in [0.4, 0.5) is 0 Å². The highest BCUT2D eigenvalue weighted by molar-refractivity contribution is 6.10. The number of carbonyl (C=O) groups is 2. The molecular weight excluding hydrogens is 424 g/mol. The predicted molar refractivity (Wildman–Crippen MR) is 135 cm³/mol. The molecule has 0 aliphatic heterocycles. The number of Topliss-reactive ketones (excluding diaryl/α,β-unsaturated/α-hetero) is 1. The molecule has 0 aromatic rings. The van der Waals surface area contributed by atoms with E-state index < -0.39 is 0 Å². The topological polar surface area (TPSA) is 63.6 Å². The van der Waals surface area contributed by atoms with E-state index >= 15 is 0 Å². The number of ether oxygens (including phenoxy) is 1. The number of hydrogen-bond donors (Lipinski definition) is 1. The van der Waals surface area contributed by atoms with Crippen molar-refractivity contribution in [2.24, 2.45) is 46.3 Å². The molecule has 190 valence electrons. The van der Waals surface area contributed by atoms with Crippen LogP contribution < -0.4 is 0 Å². The summed E-state index contributed by atoms with van der Waals surface area (Å²) in [4.78, 5) is 25.3. The number of ketones is 1. The Bertz CT molecular complexity index is 869. The predicted octanol–water partition coefficient (Wildman–Crippen LogP) is 7.19. The number of aliphatic hydroxyl groups is 1. The van der Waals surface area contributed by atoms with Crippen molar-refractivity contribution >= 4 is 11.8 Å². The molecule has 0 bridgehead atoms. The maximum atomic E-state index is 13.8. The SMILES string of the molecule is CC(=O)O[C@@H]1C=C2C(=O)/C(=C\O)[C@H]3[C@@H]4CC[C@H]([C@H](C)CCCC(C)C)[C@@]4(C)CC[C@@H]3[C@@]2(C)CC1. The smallest absolute Gasteiger partial charge is 0.303 e. The lowest BCUT2D eigenvalue weighted by molar-refractivity contribution is -0.146. The van der Waals surface area contributed by atoms with Gasteiger partial charge in [0.15, 0.2) is 5.78 Å². The maximum Gasteiger partial charge on any atom is 0.303 e. The first-order valence-electron chi connectivity index (χ1n) is 13.8. The normalized spacial score (nSPS) is 41.5. The van der Waals surface area contributed by atoms with Crippen LogP contribution in [0.25, 0.3) is 0 Å². The van der Waals surface area contributed by atoms with Gasteiger partial charge in [-0.15, -0.1) is 0 Å². The first-order valence-corrected chi connectivity index (χ1v) is 13.8. The van der Waals surface area contributed by atoms with Gasteiger partial charge < -0.3 is 9.84 Å². The van der Waals surface area contributed by atoms with E-state index in [1.54, 1.807) is 0 Å². The second-order valence-electron chi connectivity index (χ2n) is 12.9. The number of esters is 1. The summed E-state index contributed by atoms with van der Waals surface area (Å²) in [6.45, 7) is 13.3. The van der Waals surface area contributed by atoms with E-state index in [-0.39, 0.29) is 34.6 Å². The van der Waals surface area contributed by atoms with Crippen molar-refractivity contribution in [1.29, 1.82) is 0 Å². The molecule has 0 unspecified atom stereocenters. The van der Waals surface area contributed by atoms with Crippen molar-refractivity contribution in [3.63, 3.8) is 0 Å². The fourth-order valence-corrected chi connectivity index (χ4v) is 8.83. The molecule has 0 aromatic heterocycles. The second kappa shape index (κ2) is 9.47. The Morgan fingerprint density at radius 1 is 1.12 bits per heavy atom. The fourth-order valence-electron chi connectivity index (χ4n) is 8.83. The molecule has 3 fully saturated rings. The van der Waals surface area contributed by atoms with E-state index in [0.717, 1.165) is 43.4 Å². The zero-order chi connectivity index (χ0) is 24.8.